The quantitative estimate of drug-likeness (QED) is 0.816. The minimum Gasteiger partial charge on any atom is -0.390 e. The highest BCUT2D eigenvalue weighted by atomic mass is 16.3. The smallest absolute Gasteiger partial charge is 0.332 e. The number of β-amino-alcohol motifs (C(OH)–C–C–N with tert-alkyl or cyclic N) is 1. The van der Waals surface area contributed by atoms with Gasteiger partial charge in [-0.1, -0.05) is 6.92 Å². The van der Waals surface area contributed by atoms with Crippen LogP contribution in [0.4, 0.5) is 0 Å². The maximum Gasteiger partial charge on any atom is 0.332 e. The summed E-state index contributed by atoms with van der Waals surface area (Å²) < 4.78 is 4.07. The van der Waals surface area contributed by atoms with Crippen LogP contribution in [0.5, 0.6) is 0 Å². The van der Waals surface area contributed by atoms with Crippen LogP contribution in [0.15, 0.2) is 15.9 Å². The largest absolute Gasteiger partial charge is 0.390 e. The second-order valence-electron chi connectivity index (χ2n) is 6.91. The summed E-state index contributed by atoms with van der Waals surface area (Å²) in [5.41, 5.74) is -0.0849. The van der Waals surface area contributed by atoms with E-state index in [9.17, 15) is 14.7 Å². The molecule has 1 aliphatic rings. The van der Waals surface area contributed by atoms with Gasteiger partial charge in [-0.05, 0) is 31.8 Å². The molecule has 24 heavy (non-hydrogen) atoms. The SMILES string of the molecule is CC1CCN(C[C@@H](O)Cn2cnc3c2c(=O)n(C)c(=O)n3C)CC1. The van der Waals surface area contributed by atoms with E-state index >= 15 is 0 Å². The molecular weight excluding hydrogens is 310 g/mol. The highest BCUT2D eigenvalue weighted by Gasteiger charge is 2.20. The van der Waals surface area contributed by atoms with Crippen molar-refractivity contribution in [3.63, 3.8) is 0 Å². The summed E-state index contributed by atoms with van der Waals surface area (Å²) in [7, 11) is 3.04. The van der Waals surface area contributed by atoms with Crippen molar-refractivity contribution in [1.29, 1.82) is 0 Å². The first-order chi connectivity index (χ1) is 11.4. The predicted molar refractivity (Wildman–Crippen MR) is 91.1 cm³/mol. The van der Waals surface area contributed by atoms with Crippen molar-refractivity contribution < 1.29 is 5.11 Å². The van der Waals surface area contributed by atoms with Gasteiger partial charge >= 0.3 is 5.69 Å². The standard InChI is InChI=1S/C16H25N5O3/c1-11-4-6-20(7-5-11)8-12(22)9-21-10-17-14-13(21)15(23)19(3)16(24)18(14)2/h10-12,22H,4-9H2,1-3H3/t12-/m1/s1. The lowest BCUT2D eigenvalue weighted by Crippen LogP contribution is -2.40. The van der Waals surface area contributed by atoms with Crippen LogP contribution in [-0.4, -0.2) is 54.4 Å². The molecule has 1 N–H and O–H groups in total. The molecule has 0 amide bonds. The normalized spacial score (nSPS) is 18.3. The molecule has 2 aromatic rings. The molecule has 0 saturated carbocycles. The number of aryl methyl sites for hydroxylation is 1. The number of aliphatic hydroxyl groups is 1. The molecule has 0 aliphatic carbocycles. The highest BCUT2D eigenvalue weighted by Crippen LogP contribution is 2.16. The Bertz CT molecular complexity index is 842. The first-order valence-electron chi connectivity index (χ1n) is 8.39. The topological polar surface area (TPSA) is 85.3 Å². The van der Waals surface area contributed by atoms with E-state index in [1.165, 1.54) is 17.9 Å². The summed E-state index contributed by atoms with van der Waals surface area (Å²) in [6, 6.07) is 0. The Kier molecular flexibility index (Phi) is 4.60. The van der Waals surface area contributed by atoms with Crippen LogP contribution < -0.4 is 11.2 Å². The van der Waals surface area contributed by atoms with Crippen molar-refractivity contribution in [3.8, 4) is 0 Å². The molecule has 1 aliphatic heterocycles. The van der Waals surface area contributed by atoms with E-state index < -0.39 is 11.8 Å². The van der Waals surface area contributed by atoms with Gasteiger partial charge in [-0.2, -0.15) is 0 Å². The van der Waals surface area contributed by atoms with Crippen LogP contribution in [-0.2, 0) is 20.6 Å². The predicted octanol–water partition coefficient (Wildman–Crippen LogP) is -0.473. The molecule has 2 aromatic heterocycles. The average Bonchev–Trinajstić information content (AvgIpc) is 2.96. The van der Waals surface area contributed by atoms with Gasteiger partial charge in [0, 0.05) is 20.6 Å². The van der Waals surface area contributed by atoms with Crippen molar-refractivity contribution in [2.75, 3.05) is 19.6 Å². The van der Waals surface area contributed by atoms with E-state index in [-0.39, 0.29) is 12.1 Å². The van der Waals surface area contributed by atoms with Crippen LogP contribution in [0.3, 0.4) is 0 Å². The van der Waals surface area contributed by atoms with Gasteiger partial charge in [0.2, 0.25) is 0 Å². The third-order valence-corrected chi connectivity index (χ3v) is 4.97. The Hall–Kier alpha value is -1.93. The van der Waals surface area contributed by atoms with Gasteiger partial charge in [-0.3, -0.25) is 13.9 Å². The van der Waals surface area contributed by atoms with E-state index in [4.69, 9.17) is 0 Å². The Morgan fingerprint density at radius 2 is 1.88 bits per heavy atom. The minimum absolute atomic E-state index is 0.288. The summed E-state index contributed by atoms with van der Waals surface area (Å²) in [5.74, 6) is 0.750. The van der Waals surface area contributed by atoms with E-state index in [1.807, 2.05) is 0 Å². The monoisotopic (exact) mass is 335 g/mol. The summed E-state index contributed by atoms with van der Waals surface area (Å²) in [4.78, 5) is 30.8. The molecule has 1 atom stereocenters. The zero-order valence-electron chi connectivity index (χ0n) is 14.5. The number of hydrogen-bond acceptors (Lipinski definition) is 5. The van der Waals surface area contributed by atoms with Crippen LogP contribution in [0.2, 0.25) is 0 Å². The Balaban J connectivity index is 1.80. The maximum absolute atomic E-state index is 12.4. The molecule has 0 bridgehead atoms. The summed E-state index contributed by atoms with van der Waals surface area (Å²) in [5, 5.41) is 10.4. The fraction of sp³-hybridized carbons (Fsp3) is 0.688. The van der Waals surface area contributed by atoms with Crippen molar-refractivity contribution >= 4 is 11.2 Å². The van der Waals surface area contributed by atoms with Crippen LogP contribution in [0.1, 0.15) is 19.8 Å². The first-order valence-corrected chi connectivity index (χ1v) is 8.39. The van der Waals surface area contributed by atoms with E-state index in [0.717, 1.165) is 36.4 Å². The van der Waals surface area contributed by atoms with Crippen molar-refractivity contribution in [2.24, 2.45) is 20.0 Å². The van der Waals surface area contributed by atoms with Gasteiger partial charge < -0.3 is 14.6 Å². The van der Waals surface area contributed by atoms with Crippen molar-refractivity contribution in [1.82, 2.24) is 23.6 Å². The molecule has 8 heteroatoms. The van der Waals surface area contributed by atoms with Gasteiger partial charge in [0.1, 0.15) is 0 Å². The molecule has 1 fully saturated rings. The van der Waals surface area contributed by atoms with Crippen LogP contribution >= 0.6 is 0 Å². The molecule has 1 saturated heterocycles. The number of nitrogens with zero attached hydrogens (tertiary/aromatic N) is 5. The number of imidazole rings is 1. The lowest BCUT2D eigenvalue weighted by molar-refractivity contribution is 0.0808. The molecule has 0 spiro atoms. The van der Waals surface area contributed by atoms with E-state index in [1.54, 1.807) is 11.6 Å². The maximum atomic E-state index is 12.4. The molecule has 3 heterocycles. The van der Waals surface area contributed by atoms with Crippen LogP contribution in [0.25, 0.3) is 11.2 Å². The molecule has 8 nitrogen and oxygen atoms in total. The molecule has 0 unspecified atom stereocenters. The Morgan fingerprint density at radius 1 is 1.21 bits per heavy atom. The lowest BCUT2D eigenvalue weighted by Gasteiger charge is -2.31. The van der Waals surface area contributed by atoms with Gasteiger partial charge in [-0.15, -0.1) is 0 Å². The highest BCUT2D eigenvalue weighted by molar-refractivity contribution is 5.69. The van der Waals surface area contributed by atoms with Gasteiger partial charge in [-0.25, -0.2) is 9.78 Å². The summed E-state index contributed by atoms with van der Waals surface area (Å²) in [6.45, 7) is 5.12. The van der Waals surface area contributed by atoms with Crippen molar-refractivity contribution in [3.05, 3.63) is 27.2 Å². The number of aliphatic hydroxyl groups excluding tert-OH is 1. The third-order valence-electron chi connectivity index (χ3n) is 4.97. The van der Waals surface area contributed by atoms with E-state index in [2.05, 4.69) is 16.8 Å². The average molecular weight is 335 g/mol. The first kappa shape index (κ1) is 16.9. The fourth-order valence-corrected chi connectivity index (χ4v) is 3.36. The third kappa shape index (κ3) is 3.03. The van der Waals surface area contributed by atoms with Gasteiger partial charge in [0.15, 0.2) is 11.2 Å². The van der Waals surface area contributed by atoms with Gasteiger partial charge in [0.05, 0.1) is 19.0 Å². The van der Waals surface area contributed by atoms with Crippen molar-refractivity contribution in [2.45, 2.75) is 32.4 Å². The number of hydrogen-bond donors (Lipinski definition) is 1. The Morgan fingerprint density at radius 3 is 2.54 bits per heavy atom. The summed E-state index contributed by atoms with van der Waals surface area (Å²) in [6.07, 6.45) is 3.25. The number of piperidine rings is 1. The molecule has 3 rings (SSSR count). The number of likely N-dealkylation sites (tertiary alicyclic amines) is 1. The van der Waals surface area contributed by atoms with Gasteiger partial charge in [0.25, 0.3) is 5.56 Å². The molecule has 0 aromatic carbocycles. The molecule has 132 valence electrons. The van der Waals surface area contributed by atoms with E-state index in [0.29, 0.717) is 17.7 Å². The second-order valence-corrected chi connectivity index (χ2v) is 6.91. The fourth-order valence-electron chi connectivity index (χ4n) is 3.36. The zero-order chi connectivity index (χ0) is 17.4. The molecular formula is C16H25N5O3. The second kappa shape index (κ2) is 6.52. The lowest BCUT2D eigenvalue weighted by atomic mass is 9.99. The van der Waals surface area contributed by atoms with Crippen LogP contribution in [0, 0.1) is 5.92 Å². The summed E-state index contributed by atoms with van der Waals surface area (Å²) >= 11 is 0. The minimum atomic E-state index is -0.585. The Labute approximate surface area is 139 Å². The number of fused-ring (bicyclic) bond motifs is 1. The zero-order valence-corrected chi connectivity index (χ0v) is 14.5. The molecule has 0 radical (unpaired) electrons. The number of aromatic nitrogens is 4. The number of rotatable bonds is 4.